The van der Waals surface area contributed by atoms with E-state index in [4.69, 9.17) is 11.6 Å². The molecule has 2 atom stereocenters. The number of nitrogens with one attached hydrogen (secondary N) is 1. The van der Waals surface area contributed by atoms with Crippen molar-refractivity contribution in [3.05, 3.63) is 28.8 Å². The van der Waals surface area contributed by atoms with Crippen molar-refractivity contribution in [2.24, 2.45) is 0 Å². The molecule has 0 aromatic heterocycles. The number of thioether (sulfide) groups is 1. The molecule has 1 aromatic rings. The molecule has 20 heavy (non-hydrogen) atoms. The fourth-order valence-corrected chi connectivity index (χ4v) is 3.91. The number of rotatable bonds is 4. The van der Waals surface area contributed by atoms with Crippen LogP contribution in [0.3, 0.4) is 0 Å². The monoisotopic (exact) mass is 312 g/mol. The summed E-state index contributed by atoms with van der Waals surface area (Å²) in [5, 5.41) is 5.02. The van der Waals surface area contributed by atoms with Gasteiger partial charge in [0.1, 0.15) is 0 Å². The van der Waals surface area contributed by atoms with Gasteiger partial charge in [-0.05, 0) is 19.1 Å². The highest BCUT2D eigenvalue weighted by atomic mass is 35.5. The number of benzene rings is 1. The van der Waals surface area contributed by atoms with Crippen molar-refractivity contribution >= 4 is 29.1 Å². The maximum atomic E-state index is 6.44. The van der Waals surface area contributed by atoms with Gasteiger partial charge in [0.25, 0.3) is 0 Å². The summed E-state index contributed by atoms with van der Waals surface area (Å²) in [4.78, 5) is 2.52. The van der Waals surface area contributed by atoms with Crippen LogP contribution in [0.4, 0.5) is 5.69 Å². The minimum Gasteiger partial charge on any atom is -0.367 e. The molecule has 0 saturated carbocycles. The minimum atomic E-state index is 0.465. The molecule has 1 fully saturated rings. The van der Waals surface area contributed by atoms with Crippen LogP contribution in [0.5, 0.6) is 0 Å². The lowest BCUT2D eigenvalue weighted by atomic mass is 10.1. The smallest absolute Gasteiger partial charge is 0.0471 e. The second-order valence-electron chi connectivity index (χ2n) is 5.78. The van der Waals surface area contributed by atoms with E-state index in [2.05, 4.69) is 61.8 Å². The Labute approximate surface area is 132 Å². The summed E-state index contributed by atoms with van der Waals surface area (Å²) in [6, 6.07) is 7.28. The average molecular weight is 313 g/mol. The number of hydrogen-bond acceptors (Lipinski definition) is 3. The van der Waals surface area contributed by atoms with E-state index in [-0.39, 0.29) is 0 Å². The third-order valence-electron chi connectivity index (χ3n) is 3.97. The maximum absolute atomic E-state index is 6.44. The molecule has 1 N–H and O–H groups in total. The maximum Gasteiger partial charge on any atom is 0.0471 e. The predicted octanol–water partition coefficient (Wildman–Crippen LogP) is 4.17. The van der Waals surface area contributed by atoms with E-state index in [9.17, 15) is 0 Å². The molecular weight excluding hydrogens is 288 g/mol. The molecule has 0 amide bonds. The fraction of sp³-hybridized carbons (Fsp3) is 0.625. The molecule has 0 aliphatic carbocycles. The molecule has 0 spiro atoms. The minimum absolute atomic E-state index is 0.465. The van der Waals surface area contributed by atoms with Crippen molar-refractivity contribution in [2.75, 3.05) is 17.2 Å². The average Bonchev–Trinajstić information content (AvgIpc) is 2.40. The van der Waals surface area contributed by atoms with Crippen molar-refractivity contribution in [1.29, 1.82) is 0 Å². The molecule has 112 valence electrons. The Balaban J connectivity index is 2.28. The highest BCUT2D eigenvalue weighted by molar-refractivity contribution is 8.00. The van der Waals surface area contributed by atoms with E-state index >= 15 is 0 Å². The molecule has 1 aliphatic heterocycles. The summed E-state index contributed by atoms with van der Waals surface area (Å²) < 4.78 is 0. The molecule has 2 nitrogen and oxygen atoms in total. The van der Waals surface area contributed by atoms with E-state index in [0.29, 0.717) is 17.3 Å². The van der Waals surface area contributed by atoms with Gasteiger partial charge in [-0.3, -0.25) is 0 Å². The van der Waals surface area contributed by atoms with Gasteiger partial charge in [0.15, 0.2) is 0 Å². The summed E-state index contributed by atoms with van der Waals surface area (Å²) in [6.45, 7) is 10.9. The SMILES string of the molecule is CC(C)NCc1c(Cl)cccc1N1CCSC(C)C1C. The van der Waals surface area contributed by atoms with Gasteiger partial charge in [0.2, 0.25) is 0 Å². The Morgan fingerprint density at radius 2 is 2.15 bits per heavy atom. The Kier molecular flexibility index (Phi) is 5.65. The Morgan fingerprint density at radius 1 is 1.40 bits per heavy atom. The summed E-state index contributed by atoms with van der Waals surface area (Å²) in [7, 11) is 0. The van der Waals surface area contributed by atoms with Crippen LogP contribution in [0.15, 0.2) is 18.2 Å². The Morgan fingerprint density at radius 3 is 2.85 bits per heavy atom. The first-order valence-corrected chi connectivity index (χ1v) is 8.82. The fourth-order valence-electron chi connectivity index (χ4n) is 2.57. The van der Waals surface area contributed by atoms with Gasteiger partial charge in [-0.2, -0.15) is 11.8 Å². The zero-order valence-electron chi connectivity index (χ0n) is 12.8. The van der Waals surface area contributed by atoms with Gasteiger partial charge >= 0.3 is 0 Å². The molecule has 0 bridgehead atoms. The number of hydrogen-bond donors (Lipinski definition) is 1. The van der Waals surface area contributed by atoms with E-state index in [1.54, 1.807) is 0 Å². The number of anilines is 1. The molecule has 2 unspecified atom stereocenters. The Hall–Kier alpha value is -0.380. The molecule has 1 aromatic carbocycles. The van der Waals surface area contributed by atoms with Gasteiger partial charge in [-0.15, -0.1) is 0 Å². The number of halogens is 1. The molecular formula is C16H25ClN2S. The van der Waals surface area contributed by atoms with E-state index in [1.807, 2.05) is 6.07 Å². The summed E-state index contributed by atoms with van der Waals surface area (Å²) in [6.07, 6.45) is 0. The van der Waals surface area contributed by atoms with Crippen LogP contribution >= 0.6 is 23.4 Å². The van der Waals surface area contributed by atoms with Crippen LogP contribution in [0, 0.1) is 0 Å². The zero-order valence-corrected chi connectivity index (χ0v) is 14.4. The van der Waals surface area contributed by atoms with Crippen LogP contribution < -0.4 is 10.2 Å². The van der Waals surface area contributed by atoms with Gasteiger partial charge in [-0.25, -0.2) is 0 Å². The third kappa shape index (κ3) is 3.63. The molecule has 1 heterocycles. The van der Waals surface area contributed by atoms with Crippen molar-refractivity contribution in [3.63, 3.8) is 0 Å². The zero-order chi connectivity index (χ0) is 14.7. The lowest BCUT2D eigenvalue weighted by Gasteiger charge is -2.40. The summed E-state index contributed by atoms with van der Waals surface area (Å²) >= 11 is 8.51. The van der Waals surface area contributed by atoms with Gasteiger partial charge in [-0.1, -0.05) is 38.4 Å². The van der Waals surface area contributed by atoms with Crippen molar-refractivity contribution in [1.82, 2.24) is 5.32 Å². The summed E-state index contributed by atoms with van der Waals surface area (Å²) in [5.41, 5.74) is 2.53. The highest BCUT2D eigenvalue weighted by Gasteiger charge is 2.27. The standard InChI is InChI=1S/C16H25ClN2S/c1-11(2)18-10-14-15(17)6-5-7-16(14)19-8-9-20-13(4)12(19)3/h5-7,11-13,18H,8-10H2,1-4H3. The van der Waals surface area contributed by atoms with Gasteiger partial charge < -0.3 is 10.2 Å². The van der Waals surface area contributed by atoms with Crippen LogP contribution in [0.25, 0.3) is 0 Å². The van der Waals surface area contributed by atoms with E-state index in [0.717, 1.165) is 18.1 Å². The molecule has 1 aliphatic rings. The van der Waals surface area contributed by atoms with Crippen molar-refractivity contribution in [3.8, 4) is 0 Å². The molecule has 1 saturated heterocycles. The second kappa shape index (κ2) is 7.06. The first-order valence-electron chi connectivity index (χ1n) is 7.39. The lowest BCUT2D eigenvalue weighted by Crippen LogP contribution is -2.45. The van der Waals surface area contributed by atoms with Crippen LogP contribution in [0.2, 0.25) is 5.02 Å². The first-order chi connectivity index (χ1) is 9.50. The van der Waals surface area contributed by atoms with E-state index in [1.165, 1.54) is 17.0 Å². The topological polar surface area (TPSA) is 15.3 Å². The van der Waals surface area contributed by atoms with Crippen molar-refractivity contribution in [2.45, 2.75) is 51.6 Å². The Bertz CT molecular complexity index is 450. The molecule has 0 radical (unpaired) electrons. The van der Waals surface area contributed by atoms with Crippen LogP contribution in [-0.2, 0) is 6.54 Å². The highest BCUT2D eigenvalue weighted by Crippen LogP contribution is 2.34. The lowest BCUT2D eigenvalue weighted by molar-refractivity contribution is 0.581. The van der Waals surface area contributed by atoms with Gasteiger partial charge in [0.05, 0.1) is 0 Å². The molecule has 4 heteroatoms. The quantitative estimate of drug-likeness (QED) is 0.898. The van der Waals surface area contributed by atoms with Crippen LogP contribution in [0.1, 0.15) is 33.3 Å². The normalized spacial score (nSPS) is 23.4. The van der Waals surface area contributed by atoms with Crippen LogP contribution in [-0.4, -0.2) is 29.6 Å². The van der Waals surface area contributed by atoms with Crippen molar-refractivity contribution < 1.29 is 0 Å². The summed E-state index contributed by atoms with van der Waals surface area (Å²) in [5.74, 6) is 1.19. The first kappa shape index (κ1) is 16.0. The second-order valence-corrected chi connectivity index (χ2v) is 7.68. The largest absolute Gasteiger partial charge is 0.367 e. The molecule has 2 rings (SSSR count). The number of nitrogens with zero attached hydrogens (tertiary/aromatic N) is 1. The van der Waals surface area contributed by atoms with E-state index < -0.39 is 0 Å². The van der Waals surface area contributed by atoms with Gasteiger partial charge in [0, 0.05) is 52.4 Å². The predicted molar refractivity (Wildman–Crippen MR) is 92.2 cm³/mol. The third-order valence-corrected chi connectivity index (χ3v) is 5.67.